The number of nitro groups is 1. The molecule has 0 unspecified atom stereocenters. The number of para-hydroxylation sites is 1. The number of benzene rings is 2. The maximum atomic E-state index is 12.6. The Hall–Kier alpha value is -2.93. The molecule has 2 aromatic rings. The maximum Gasteiger partial charge on any atom is 0.339 e. The number of hydrogen-bond donors (Lipinski definition) is 0. The van der Waals surface area contributed by atoms with E-state index >= 15 is 0 Å². The number of amides is 1. The highest BCUT2D eigenvalue weighted by Crippen LogP contribution is 2.29. The molecule has 3 rings (SSSR count). The van der Waals surface area contributed by atoms with E-state index in [2.05, 4.69) is 0 Å². The molecule has 0 N–H and O–H groups in total. The number of fused-ring (bicyclic) bond motifs is 1. The first-order chi connectivity index (χ1) is 12.4. The minimum absolute atomic E-state index is 0.0393. The van der Waals surface area contributed by atoms with Crippen LogP contribution in [0.5, 0.6) is 0 Å². The number of rotatable bonds is 4. The van der Waals surface area contributed by atoms with Gasteiger partial charge in [0.1, 0.15) is 5.02 Å². The zero-order valence-corrected chi connectivity index (χ0v) is 14.6. The van der Waals surface area contributed by atoms with E-state index in [0.717, 1.165) is 23.7 Å². The third-order valence-corrected chi connectivity index (χ3v) is 4.48. The van der Waals surface area contributed by atoms with E-state index < -0.39 is 22.7 Å². The normalized spacial score (nSPS) is 13.8. The van der Waals surface area contributed by atoms with Crippen LogP contribution in [0.1, 0.15) is 22.8 Å². The van der Waals surface area contributed by atoms with Gasteiger partial charge in [-0.05, 0) is 37.1 Å². The lowest BCUT2D eigenvalue weighted by Gasteiger charge is -2.21. The van der Waals surface area contributed by atoms with E-state index in [1.165, 1.54) is 19.1 Å². The molecule has 0 radical (unpaired) electrons. The summed E-state index contributed by atoms with van der Waals surface area (Å²) >= 11 is 5.73. The van der Waals surface area contributed by atoms with Gasteiger partial charge in [-0.1, -0.05) is 29.8 Å². The molecule has 0 saturated carbocycles. The second-order valence-corrected chi connectivity index (χ2v) is 6.25. The fourth-order valence-electron chi connectivity index (χ4n) is 2.85. The number of nitro benzene ring substituents is 1. The lowest BCUT2D eigenvalue weighted by Crippen LogP contribution is -2.39. The van der Waals surface area contributed by atoms with Crippen LogP contribution in [0, 0.1) is 10.1 Å². The predicted molar refractivity (Wildman–Crippen MR) is 95.5 cm³/mol. The molecule has 1 aliphatic rings. The molecule has 0 aliphatic carbocycles. The summed E-state index contributed by atoms with van der Waals surface area (Å²) in [6.45, 7) is 2.00. The van der Waals surface area contributed by atoms with Gasteiger partial charge in [-0.3, -0.25) is 14.9 Å². The van der Waals surface area contributed by atoms with E-state index in [1.807, 2.05) is 24.3 Å². The van der Waals surface area contributed by atoms with Crippen LogP contribution in [0.15, 0.2) is 42.5 Å². The molecule has 1 heterocycles. The molecule has 1 aliphatic heterocycles. The zero-order chi connectivity index (χ0) is 18.8. The predicted octanol–water partition coefficient (Wildman–Crippen LogP) is 3.38. The quantitative estimate of drug-likeness (QED) is 0.465. The Labute approximate surface area is 154 Å². The fraction of sp³-hybridized carbons (Fsp3) is 0.222. The van der Waals surface area contributed by atoms with Gasteiger partial charge in [0.05, 0.1) is 10.5 Å². The highest BCUT2D eigenvalue weighted by Gasteiger charge is 2.30. The van der Waals surface area contributed by atoms with Crippen molar-refractivity contribution < 1.29 is 19.2 Å². The summed E-state index contributed by atoms with van der Waals surface area (Å²) in [6, 6.07) is 11.1. The number of hydrogen-bond acceptors (Lipinski definition) is 5. The van der Waals surface area contributed by atoms with Crippen molar-refractivity contribution in [3.05, 3.63) is 68.7 Å². The Morgan fingerprint density at radius 1 is 1.27 bits per heavy atom. The zero-order valence-electron chi connectivity index (χ0n) is 13.8. The first-order valence-electron chi connectivity index (χ1n) is 7.92. The van der Waals surface area contributed by atoms with Crippen LogP contribution in [-0.4, -0.2) is 29.4 Å². The highest BCUT2D eigenvalue weighted by molar-refractivity contribution is 6.32. The topological polar surface area (TPSA) is 89.7 Å². The number of carbonyl (C=O) groups is 2. The Morgan fingerprint density at radius 3 is 2.73 bits per heavy atom. The number of halogens is 1. The third-order valence-electron chi connectivity index (χ3n) is 4.16. The minimum Gasteiger partial charge on any atom is -0.449 e. The van der Waals surface area contributed by atoms with Crippen LogP contribution in [0.25, 0.3) is 0 Å². The van der Waals surface area contributed by atoms with E-state index in [4.69, 9.17) is 16.3 Å². The second kappa shape index (κ2) is 7.13. The first-order valence-corrected chi connectivity index (χ1v) is 8.30. The second-order valence-electron chi connectivity index (χ2n) is 5.84. The van der Waals surface area contributed by atoms with Crippen molar-refractivity contribution in [1.82, 2.24) is 0 Å². The molecule has 1 atom stereocenters. The van der Waals surface area contributed by atoms with E-state index in [9.17, 15) is 19.7 Å². The average Bonchev–Trinajstić information content (AvgIpc) is 3.05. The van der Waals surface area contributed by atoms with Gasteiger partial charge in [-0.2, -0.15) is 0 Å². The smallest absolute Gasteiger partial charge is 0.339 e. The summed E-state index contributed by atoms with van der Waals surface area (Å²) in [7, 11) is 0. The van der Waals surface area contributed by atoms with Crippen molar-refractivity contribution in [2.24, 2.45) is 0 Å². The molecule has 7 nitrogen and oxygen atoms in total. The highest BCUT2D eigenvalue weighted by atomic mass is 35.5. The van der Waals surface area contributed by atoms with Crippen molar-refractivity contribution in [2.45, 2.75) is 19.4 Å². The third kappa shape index (κ3) is 3.39. The van der Waals surface area contributed by atoms with Gasteiger partial charge in [-0.25, -0.2) is 4.79 Å². The average molecular weight is 375 g/mol. The van der Waals surface area contributed by atoms with Gasteiger partial charge in [0.25, 0.3) is 11.6 Å². The number of esters is 1. The van der Waals surface area contributed by atoms with Gasteiger partial charge in [0, 0.05) is 18.3 Å². The van der Waals surface area contributed by atoms with Crippen LogP contribution in [0.2, 0.25) is 5.02 Å². The molecule has 26 heavy (non-hydrogen) atoms. The van der Waals surface area contributed by atoms with Gasteiger partial charge in [-0.15, -0.1) is 0 Å². The van der Waals surface area contributed by atoms with Crippen molar-refractivity contribution in [2.75, 3.05) is 11.4 Å². The van der Waals surface area contributed by atoms with Gasteiger partial charge in [0.15, 0.2) is 6.10 Å². The van der Waals surface area contributed by atoms with Gasteiger partial charge >= 0.3 is 5.97 Å². The summed E-state index contributed by atoms with van der Waals surface area (Å²) in [5, 5.41) is 10.8. The van der Waals surface area contributed by atoms with E-state index in [0.29, 0.717) is 6.54 Å². The maximum absolute atomic E-state index is 12.6. The van der Waals surface area contributed by atoms with Crippen LogP contribution >= 0.6 is 11.6 Å². The summed E-state index contributed by atoms with van der Waals surface area (Å²) in [5.41, 5.74) is 1.44. The molecule has 2 aromatic carbocycles. The van der Waals surface area contributed by atoms with Gasteiger partial charge in [0.2, 0.25) is 0 Å². The fourth-order valence-corrected chi connectivity index (χ4v) is 3.03. The molecule has 8 heteroatoms. The Bertz CT molecular complexity index is 899. The van der Waals surface area contributed by atoms with Crippen LogP contribution < -0.4 is 4.90 Å². The number of anilines is 1. The van der Waals surface area contributed by atoms with Crippen molar-refractivity contribution in [3.63, 3.8) is 0 Å². The Kier molecular flexibility index (Phi) is 4.90. The number of nitrogens with zero attached hydrogens (tertiary/aromatic N) is 2. The summed E-state index contributed by atoms with van der Waals surface area (Å²) < 4.78 is 5.20. The SMILES string of the molecule is C[C@H](OC(=O)c1ccc(Cl)c([N+](=O)[O-])c1)C(=O)N1CCc2ccccc21. The molecular formula is C18H15ClN2O5. The molecule has 0 fully saturated rings. The summed E-state index contributed by atoms with van der Waals surface area (Å²) in [5.74, 6) is -1.16. The molecule has 0 saturated heterocycles. The molecule has 0 bridgehead atoms. The molecule has 134 valence electrons. The van der Waals surface area contributed by atoms with Crippen LogP contribution in [0.3, 0.4) is 0 Å². The number of carbonyl (C=O) groups excluding carboxylic acids is 2. The van der Waals surface area contributed by atoms with Gasteiger partial charge < -0.3 is 9.64 Å². The molecular weight excluding hydrogens is 360 g/mol. The lowest BCUT2D eigenvalue weighted by molar-refractivity contribution is -0.384. The number of ether oxygens (including phenoxy) is 1. The Morgan fingerprint density at radius 2 is 2.00 bits per heavy atom. The van der Waals surface area contributed by atoms with Crippen molar-refractivity contribution in [3.8, 4) is 0 Å². The molecule has 0 spiro atoms. The largest absolute Gasteiger partial charge is 0.449 e. The summed E-state index contributed by atoms with van der Waals surface area (Å²) in [6.07, 6.45) is -0.283. The Balaban J connectivity index is 1.73. The summed E-state index contributed by atoms with van der Waals surface area (Å²) in [4.78, 5) is 36.7. The van der Waals surface area contributed by atoms with E-state index in [-0.39, 0.29) is 16.5 Å². The monoisotopic (exact) mass is 374 g/mol. The molecule has 1 amide bonds. The van der Waals surface area contributed by atoms with Crippen LogP contribution in [-0.2, 0) is 16.0 Å². The minimum atomic E-state index is -1.02. The lowest BCUT2D eigenvalue weighted by atomic mass is 10.2. The standard InChI is InChI=1S/C18H15ClN2O5/c1-11(17(22)20-9-8-12-4-2-3-5-15(12)20)26-18(23)13-6-7-14(19)16(10-13)21(24)25/h2-7,10-11H,8-9H2,1H3/t11-/m0/s1. The van der Waals surface area contributed by atoms with Crippen molar-refractivity contribution >= 4 is 34.9 Å². The first kappa shape index (κ1) is 17.9. The van der Waals surface area contributed by atoms with Crippen LogP contribution in [0.4, 0.5) is 11.4 Å². The van der Waals surface area contributed by atoms with E-state index in [1.54, 1.807) is 4.90 Å². The molecule has 0 aromatic heterocycles. The van der Waals surface area contributed by atoms with Crippen molar-refractivity contribution in [1.29, 1.82) is 0 Å².